The van der Waals surface area contributed by atoms with E-state index in [0.29, 0.717) is 11.6 Å². The molecule has 0 N–H and O–H groups in total. The number of aryl methyl sites for hydroxylation is 1. The Labute approximate surface area is 127 Å². The highest BCUT2D eigenvalue weighted by Gasteiger charge is 2.52. The van der Waals surface area contributed by atoms with Gasteiger partial charge in [-0.2, -0.15) is 0 Å². The maximum absolute atomic E-state index is 12.5. The third-order valence-electron chi connectivity index (χ3n) is 4.73. The van der Waals surface area contributed by atoms with Crippen molar-refractivity contribution in [1.82, 2.24) is 0 Å². The Balaban J connectivity index is 1.91. The third-order valence-corrected chi connectivity index (χ3v) is 5.58. The number of nitrogens with zero attached hydrogens (tertiary/aromatic N) is 1. The minimum Gasteiger partial charge on any atom is -0.274 e. The molecule has 1 saturated carbocycles. The van der Waals surface area contributed by atoms with Crippen LogP contribution in [0.3, 0.4) is 0 Å². The van der Waals surface area contributed by atoms with Gasteiger partial charge in [-0.05, 0) is 43.4 Å². The molecular formula is C16H18BrNO2. The summed E-state index contributed by atoms with van der Waals surface area (Å²) in [7, 11) is 0. The summed E-state index contributed by atoms with van der Waals surface area (Å²) in [6, 6.07) is 5.65. The van der Waals surface area contributed by atoms with Crippen molar-refractivity contribution in [2.24, 2.45) is 17.8 Å². The number of benzene rings is 1. The van der Waals surface area contributed by atoms with E-state index in [-0.39, 0.29) is 23.7 Å². The summed E-state index contributed by atoms with van der Waals surface area (Å²) < 4.78 is 0.930. The number of anilines is 1. The summed E-state index contributed by atoms with van der Waals surface area (Å²) in [6.45, 7) is 4.12. The summed E-state index contributed by atoms with van der Waals surface area (Å²) in [5.74, 6) is 0.336. The molecule has 4 heteroatoms. The molecule has 1 heterocycles. The van der Waals surface area contributed by atoms with E-state index in [1.807, 2.05) is 25.1 Å². The van der Waals surface area contributed by atoms with Gasteiger partial charge in [0.05, 0.1) is 17.5 Å². The summed E-state index contributed by atoms with van der Waals surface area (Å²) in [6.07, 6.45) is 2.80. The molecule has 0 radical (unpaired) electrons. The number of carbonyl (C=O) groups is 2. The fraction of sp³-hybridized carbons (Fsp3) is 0.500. The van der Waals surface area contributed by atoms with Crippen LogP contribution in [0.5, 0.6) is 0 Å². The molecule has 1 saturated heterocycles. The van der Waals surface area contributed by atoms with Crippen molar-refractivity contribution in [1.29, 1.82) is 0 Å². The van der Waals surface area contributed by atoms with Crippen molar-refractivity contribution in [3.63, 3.8) is 0 Å². The molecule has 2 atom stereocenters. The monoisotopic (exact) mass is 335 g/mol. The Hall–Kier alpha value is -1.16. The maximum atomic E-state index is 12.5. The van der Waals surface area contributed by atoms with E-state index < -0.39 is 0 Å². The minimum absolute atomic E-state index is 0.00768. The zero-order valence-electron chi connectivity index (χ0n) is 11.7. The quantitative estimate of drug-likeness (QED) is 0.773. The van der Waals surface area contributed by atoms with Gasteiger partial charge in [0, 0.05) is 4.47 Å². The third kappa shape index (κ3) is 2.01. The van der Waals surface area contributed by atoms with Crippen molar-refractivity contribution < 1.29 is 9.59 Å². The van der Waals surface area contributed by atoms with E-state index in [9.17, 15) is 9.59 Å². The van der Waals surface area contributed by atoms with Crippen LogP contribution in [0.15, 0.2) is 22.7 Å². The Kier molecular flexibility index (Phi) is 3.44. The second-order valence-electron chi connectivity index (χ2n) is 5.90. The molecule has 2 unspecified atom stereocenters. The smallest absolute Gasteiger partial charge is 0.237 e. The van der Waals surface area contributed by atoms with Gasteiger partial charge in [-0.1, -0.05) is 35.3 Å². The Bertz CT molecular complexity index is 560. The lowest BCUT2D eigenvalue weighted by atomic mass is 10.00. The predicted octanol–water partition coefficient (Wildman–Crippen LogP) is 3.68. The highest BCUT2D eigenvalue weighted by molar-refractivity contribution is 9.10. The number of rotatable bonds is 2. The summed E-state index contributed by atoms with van der Waals surface area (Å²) in [5.41, 5.74) is 1.79. The SMILES string of the molecule is CCC1CC2C(=O)N(c3ccc(C)c(Br)c3)C(=O)C2C1. The van der Waals surface area contributed by atoms with Crippen molar-refractivity contribution >= 4 is 33.4 Å². The second kappa shape index (κ2) is 4.99. The number of imide groups is 1. The molecule has 0 spiro atoms. The standard InChI is InChI=1S/C16H18BrNO2/c1-3-10-6-12-13(7-10)16(20)18(15(12)19)11-5-4-9(2)14(17)8-11/h4-5,8,10,12-13H,3,6-7H2,1-2H3. The molecule has 3 rings (SSSR count). The molecule has 1 aliphatic heterocycles. The molecule has 3 nitrogen and oxygen atoms in total. The molecule has 2 amide bonds. The van der Waals surface area contributed by atoms with Crippen LogP contribution in [-0.2, 0) is 9.59 Å². The van der Waals surface area contributed by atoms with Crippen LogP contribution in [0.2, 0.25) is 0 Å². The average Bonchev–Trinajstić information content (AvgIpc) is 2.94. The van der Waals surface area contributed by atoms with Crippen LogP contribution in [0.4, 0.5) is 5.69 Å². The Morgan fingerprint density at radius 3 is 2.30 bits per heavy atom. The van der Waals surface area contributed by atoms with Gasteiger partial charge in [0.25, 0.3) is 0 Å². The number of hydrogen-bond donors (Lipinski definition) is 0. The maximum Gasteiger partial charge on any atom is 0.237 e. The van der Waals surface area contributed by atoms with Crippen LogP contribution in [0.1, 0.15) is 31.7 Å². The van der Waals surface area contributed by atoms with E-state index in [0.717, 1.165) is 29.3 Å². The lowest BCUT2D eigenvalue weighted by Crippen LogP contribution is -2.32. The molecule has 0 bridgehead atoms. The number of fused-ring (bicyclic) bond motifs is 1. The number of amides is 2. The molecule has 1 aromatic carbocycles. The van der Waals surface area contributed by atoms with Crippen LogP contribution in [0, 0.1) is 24.7 Å². The van der Waals surface area contributed by atoms with E-state index in [1.54, 1.807) is 0 Å². The molecule has 1 aliphatic carbocycles. The molecular weight excluding hydrogens is 318 g/mol. The summed E-state index contributed by atoms with van der Waals surface area (Å²) in [4.78, 5) is 26.5. The highest BCUT2D eigenvalue weighted by atomic mass is 79.9. The zero-order valence-corrected chi connectivity index (χ0v) is 13.3. The van der Waals surface area contributed by atoms with Gasteiger partial charge < -0.3 is 0 Å². The van der Waals surface area contributed by atoms with Crippen LogP contribution >= 0.6 is 15.9 Å². The number of halogens is 1. The van der Waals surface area contributed by atoms with Crippen LogP contribution in [-0.4, -0.2) is 11.8 Å². The van der Waals surface area contributed by atoms with Gasteiger partial charge in [0.1, 0.15) is 0 Å². The van der Waals surface area contributed by atoms with Gasteiger partial charge in [0.2, 0.25) is 11.8 Å². The zero-order chi connectivity index (χ0) is 14.4. The molecule has 106 valence electrons. The first-order valence-electron chi connectivity index (χ1n) is 7.17. The van der Waals surface area contributed by atoms with Crippen molar-refractivity contribution in [3.05, 3.63) is 28.2 Å². The first-order valence-corrected chi connectivity index (χ1v) is 7.96. The van der Waals surface area contributed by atoms with Gasteiger partial charge in [-0.15, -0.1) is 0 Å². The summed E-state index contributed by atoms with van der Waals surface area (Å²) >= 11 is 3.47. The van der Waals surface area contributed by atoms with Crippen molar-refractivity contribution in [2.45, 2.75) is 33.1 Å². The highest BCUT2D eigenvalue weighted by Crippen LogP contribution is 2.45. The van der Waals surface area contributed by atoms with E-state index in [4.69, 9.17) is 0 Å². The fourth-order valence-electron chi connectivity index (χ4n) is 3.44. The number of hydrogen-bond acceptors (Lipinski definition) is 2. The van der Waals surface area contributed by atoms with Crippen molar-refractivity contribution in [3.8, 4) is 0 Å². The van der Waals surface area contributed by atoms with Crippen LogP contribution < -0.4 is 4.90 Å². The largest absolute Gasteiger partial charge is 0.274 e. The normalized spacial score (nSPS) is 29.1. The molecule has 1 aromatic rings. The Morgan fingerprint density at radius 2 is 1.80 bits per heavy atom. The molecule has 20 heavy (non-hydrogen) atoms. The van der Waals surface area contributed by atoms with Gasteiger partial charge in [0.15, 0.2) is 0 Å². The van der Waals surface area contributed by atoms with E-state index >= 15 is 0 Å². The van der Waals surface area contributed by atoms with Gasteiger partial charge in [-0.3, -0.25) is 14.5 Å². The van der Waals surface area contributed by atoms with Crippen LogP contribution in [0.25, 0.3) is 0 Å². The van der Waals surface area contributed by atoms with Crippen molar-refractivity contribution in [2.75, 3.05) is 4.90 Å². The predicted molar refractivity (Wildman–Crippen MR) is 81.4 cm³/mol. The molecule has 0 aromatic heterocycles. The second-order valence-corrected chi connectivity index (χ2v) is 6.76. The Morgan fingerprint density at radius 1 is 1.20 bits per heavy atom. The first-order chi connectivity index (χ1) is 9.52. The van der Waals surface area contributed by atoms with Gasteiger partial charge in [-0.25, -0.2) is 0 Å². The average molecular weight is 336 g/mol. The summed E-state index contributed by atoms with van der Waals surface area (Å²) in [5, 5.41) is 0. The lowest BCUT2D eigenvalue weighted by molar-refractivity contribution is -0.123. The molecule has 2 fully saturated rings. The fourth-order valence-corrected chi connectivity index (χ4v) is 3.80. The first kappa shape index (κ1) is 13.8. The molecule has 2 aliphatic rings. The number of carbonyl (C=O) groups excluding carboxylic acids is 2. The minimum atomic E-state index is -0.0903. The topological polar surface area (TPSA) is 37.4 Å². The van der Waals surface area contributed by atoms with E-state index in [1.165, 1.54) is 4.90 Å². The van der Waals surface area contributed by atoms with E-state index in [2.05, 4.69) is 22.9 Å². The lowest BCUT2D eigenvalue weighted by Gasteiger charge is -2.18. The van der Waals surface area contributed by atoms with Gasteiger partial charge >= 0.3 is 0 Å².